The van der Waals surface area contributed by atoms with Crippen LogP contribution in [0.25, 0.3) is 0 Å². The van der Waals surface area contributed by atoms with Crippen molar-refractivity contribution in [2.24, 2.45) is 7.05 Å². The first kappa shape index (κ1) is 7.59. The number of nitrogens with two attached hydrogens (primary N) is 1. The molecule has 0 aromatic carbocycles. The molecule has 5 nitrogen and oxygen atoms in total. The van der Waals surface area contributed by atoms with Crippen LogP contribution in [-0.4, -0.2) is 23.0 Å². The van der Waals surface area contributed by atoms with Crippen LogP contribution in [0, 0.1) is 0 Å². The van der Waals surface area contributed by atoms with Gasteiger partial charge in [-0.3, -0.25) is 4.79 Å². The minimum atomic E-state index is 0.363. The smallest absolute Gasteiger partial charge is 0.215 e. The van der Waals surface area contributed by atoms with Crippen molar-refractivity contribution in [1.29, 1.82) is 0 Å². The van der Waals surface area contributed by atoms with E-state index in [1.54, 1.807) is 25.0 Å². The third kappa shape index (κ3) is 1.17. The standard InChI is InChI=1S/C6H10N4O/c1-9-3-8-5(7)6(9)10(2)4-11/h3-4H,7H2,1-2H3. The average molecular weight is 154 g/mol. The third-order valence-electron chi connectivity index (χ3n) is 1.43. The van der Waals surface area contributed by atoms with Gasteiger partial charge in [-0.1, -0.05) is 0 Å². The van der Waals surface area contributed by atoms with Crippen molar-refractivity contribution in [3.63, 3.8) is 0 Å². The molecule has 5 heteroatoms. The second-order valence-corrected chi connectivity index (χ2v) is 2.28. The van der Waals surface area contributed by atoms with Crippen molar-refractivity contribution >= 4 is 18.0 Å². The summed E-state index contributed by atoms with van der Waals surface area (Å²) in [6.07, 6.45) is 2.25. The van der Waals surface area contributed by atoms with Gasteiger partial charge in [0.2, 0.25) is 6.41 Å². The maximum atomic E-state index is 10.3. The van der Waals surface area contributed by atoms with E-state index in [1.807, 2.05) is 0 Å². The first-order chi connectivity index (χ1) is 5.16. The molecule has 0 aliphatic heterocycles. The fourth-order valence-electron chi connectivity index (χ4n) is 0.921. The van der Waals surface area contributed by atoms with E-state index in [0.717, 1.165) is 0 Å². The number of hydrogen-bond donors (Lipinski definition) is 1. The Morgan fingerprint density at radius 3 is 2.82 bits per heavy atom. The number of carbonyl (C=O) groups is 1. The number of nitrogens with zero attached hydrogens (tertiary/aromatic N) is 3. The Labute approximate surface area is 64.4 Å². The van der Waals surface area contributed by atoms with E-state index >= 15 is 0 Å². The lowest BCUT2D eigenvalue weighted by Crippen LogP contribution is -2.18. The second kappa shape index (κ2) is 2.61. The van der Waals surface area contributed by atoms with Gasteiger partial charge in [-0.05, 0) is 0 Å². The fraction of sp³-hybridized carbons (Fsp3) is 0.333. The monoisotopic (exact) mass is 154 g/mol. The number of nitrogen functional groups attached to an aromatic ring is 1. The normalized spacial score (nSPS) is 9.64. The molecule has 0 radical (unpaired) electrons. The molecule has 0 saturated heterocycles. The van der Waals surface area contributed by atoms with Crippen LogP contribution in [-0.2, 0) is 11.8 Å². The molecule has 0 spiro atoms. The van der Waals surface area contributed by atoms with Crippen LogP contribution in [0.2, 0.25) is 0 Å². The molecular weight excluding hydrogens is 144 g/mol. The first-order valence-corrected chi connectivity index (χ1v) is 3.11. The van der Waals surface area contributed by atoms with Gasteiger partial charge >= 0.3 is 0 Å². The zero-order valence-electron chi connectivity index (χ0n) is 6.48. The molecule has 11 heavy (non-hydrogen) atoms. The highest BCUT2D eigenvalue weighted by Gasteiger charge is 2.08. The molecule has 1 aromatic heterocycles. The van der Waals surface area contributed by atoms with Crippen LogP contribution in [0.5, 0.6) is 0 Å². The highest BCUT2D eigenvalue weighted by atomic mass is 16.1. The maximum absolute atomic E-state index is 10.3. The summed E-state index contributed by atoms with van der Waals surface area (Å²) in [6, 6.07) is 0. The Morgan fingerprint density at radius 2 is 2.45 bits per heavy atom. The van der Waals surface area contributed by atoms with Crippen molar-refractivity contribution in [3.05, 3.63) is 6.33 Å². The average Bonchev–Trinajstić information content (AvgIpc) is 2.30. The van der Waals surface area contributed by atoms with E-state index in [9.17, 15) is 4.79 Å². The van der Waals surface area contributed by atoms with Crippen molar-refractivity contribution in [1.82, 2.24) is 9.55 Å². The molecular formula is C6H10N4O. The summed E-state index contributed by atoms with van der Waals surface area (Å²) >= 11 is 0. The predicted molar refractivity (Wildman–Crippen MR) is 42.1 cm³/mol. The molecule has 0 fully saturated rings. The topological polar surface area (TPSA) is 64.2 Å². The van der Waals surface area contributed by atoms with Crippen molar-refractivity contribution in [3.8, 4) is 0 Å². The van der Waals surface area contributed by atoms with Crippen LogP contribution in [0.4, 0.5) is 11.6 Å². The van der Waals surface area contributed by atoms with E-state index in [1.165, 1.54) is 4.90 Å². The third-order valence-corrected chi connectivity index (χ3v) is 1.43. The van der Waals surface area contributed by atoms with Crippen LogP contribution in [0.1, 0.15) is 0 Å². The molecule has 1 heterocycles. The summed E-state index contributed by atoms with van der Waals surface area (Å²) in [6.45, 7) is 0. The summed E-state index contributed by atoms with van der Waals surface area (Å²) in [4.78, 5) is 15.5. The van der Waals surface area contributed by atoms with Crippen molar-refractivity contribution in [2.45, 2.75) is 0 Å². The van der Waals surface area contributed by atoms with E-state index in [4.69, 9.17) is 5.73 Å². The Hall–Kier alpha value is -1.52. The summed E-state index contributed by atoms with van der Waals surface area (Å²) in [5.41, 5.74) is 5.49. The Kier molecular flexibility index (Phi) is 1.80. The van der Waals surface area contributed by atoms with Crippen LogP contribution < -0.4 is 10.6 Å². The molecule has 0 aliphatic carbocycles. The van der Waals surface area contributed by atoms with Gasteiger partial charge in [0, 0.05) is 14.1 Å². The van der Waals surface area contributed by atoms with Gasteiger partial charge in [0.25, 0.3) is 0 Å². The van der Waals surface area contributed by atoms with Crippen molar-refractivity contribution < 1.29 is 4.79 Å². The highest BCUT2D eigenvalue weighted by Crippen LogP contribution is 2.17. The molecule has 0 saturated carbocycles. The van der Waals surface area contributed by atoms with Gasteiger partial charge < -0.3 is 15.2 Å². The summed E-state index contributed by atoms with van der Waals surface area (Å²) in [5, 5.41) is 0. The molecule has 1 aromatic rings. The van der Waals surface area contributed by atoms with Crippen LogP contribution in [0.15, 0.2) is 6.33 Å². The SMILES string of the molecule is CN(C=O)c1c(N)ncn1C. The number of amides is 1. The minimum Gasteiger partial charge on any atom is -0.381 e. The zero-order valence-corrected chi connectivity index (χ0v) is 6.48. The molecule has 0 bridgehead atoms. The van der Waals surface area contributed by atoms with Gasteiger partial charge in [-0.25, -0.2) is 4.98 Å². The largest absolute Gasteiger partial charge is 0.381 e. The van der Waals surface area contributed by atoms with Gasteiger partial charge in [-0.15, -0.1) is 0 Å². The number of imidazole rings is 1. The van der Waals surface area contributed by atoms with Gasteiger partial charge in [-0.2, -0.15) is 0 Å². The quantitative estimate of drug-likeness (QED) is 0.589. The maximum Gasteiger partial charge on any atom is 0.215 e. The van der Waals surface area contributed by atoms with Crippen LogP contribution in [0.3, 0.4) is 0 Å². The lowest BCUT2D eigenvalue weighted by atomic mass is 10.6. The van der Waals surface area contributed by atoms with Gasteiger partial charge in [0.15, 0.2) is 11.6 Å². The molecule has 60 valence electrons. The first-order valence-electron chi connectivity index (χ1n) is 3.11. The van der Waals surface area contributed by atoms with E-state index < -0.39 is 0 Å². The highest BCUT2D eigenvalue weighted by molar-refractivity contribution is 5.77. The molecule has 1 amide bonds. The molecule has 2 N–H and O–H groups in total. The lowest BCUT2D eigenvalue weighted by Gasteiger charge is -2.10. The second-order valence-electron chi connectivity index (χ2n) is 2.28. The van der Waals surface area contributed by atoms with E-state index in [2.05, 4.69) is 4.98 Å². The molecule has 0 aliphatic rings. The van der Waals surface area contributed by atoms with Crippen molar-refractivity contribution in [2.75, 3.05) is 17.7 Å². The number of rotatable bonds is 2. The lowest BCUT2D eigenvalue weighted by molar-refractivity contribution is -0.107. The predicted octanol–water partition coefficient (Wildman–Crippen LogP) is -0.405. The fourth-order valence-corrected chi connectivity index (χ4v) is 0.921. The summed E-state index contributed by atoms with van der Waals surface area (Å²) in [7, 11) is 3.40. The minimum absolute atomic E-state index is 0.363. The summed E-state index contributed by atoms with van der Waals surface area (Å²) in [5.74, 6) is 0.974. The van der Waals surface area contributed by atoms with E-state index in [-0.39, 0.29) is 0 Å². The molecule has 0 atom stereocenters. The Morgan fingerprint density at radius 1 is 1.82 bits per heavy atom. The zero-order chi connectivity index (χ0) is 8.43. The molecule has 1 rings (SSSR count). The van der Waals surface area contributed by atoms with E-state index in [0.29, 0.717) is 18.0 Å². The number of aryl methyl sites for hydroxylation is 1. The molecule has 0 unspecified atom stereocenters. The number of aromatic nitrogens is 2. The Balaban J connectivity index is 3.09. The summed E-state index contributed by atoms with van der Waals surface area (Å²) < 4.78 is 1.68. The number of carbonyl (C=O) groups excluding carboxylic acids is 1. The van der Waals surface area contributed by atoms with Gasteiger partial charge in [0.05, 0.1) is 6.33 Å². The van der Waals surface area contributed by atoms with Crippen LogP contribution >= 0.6 is 0 Å². The Bertz CT molecular complexity index is 248. The number of anilines is 2. The number of hydrogen-bond acceptors (Lipinski definition) is 3. The van der Waals surface area contributed by atoms with Gasteiger partial charge in [0.1, 0.15) is 0 Å².